The van der Waals surface area contributed by atoms with E-state index in [4.69, 9.17) is 27.9 Å². The van der Waals surface area contributed by atoms with E-state index in [1.165, 1.54) is 0 Å². The van der Waals surface area contributed by atoms with Crippen LogP contribution in [0.25, 0.3) is 11.4 Å². The summed E-state index contributed by atoms with van der Waals surface area (Å²) in [5.41, 5.74) is 1.63. The molecule has 1 aromatic heterocycles. The van der Waals surface area contributed by atoms with Gasteiger partial charge in [0.2, 0.25) is 0 Å². The zero-order valence-electron chi connectivity index (χ0n) is 10.8. The van der Waals surface area contributed by atoms with Crippen LogP contribution in [0.3, 0.4) is 0 Å². The van der Waals surface area contributed by atoms with Gasteiger partial charge < -0.3 is 4.74 Å². The fourth-order valence-corrected chi connectivity index (χ4v) is 2.37. The summed E-state index contributed by atoms with van der Waals surface area (Å²) in [4.78, 5) is 8.56. The van der Waals surface area contributed by atoms with Crippen LogP contribution in [0.4, 0.5) is 0 Å². The molecule has 5 heteroatoms. The molecule has 2 aromatic rings. The first-order valence-corrected chi connectivity index (χ1v) is 6.86. The molecular formula is C14H14Cl2N2O. The topological polar surface area (TPSA) is 35.0 Å². The number of hydrogen-bond donors (Lipinski definition) is 0. The lowest BCUT2D eigenvalue weighted by Gasteiger charge is -2.07. The number of benzene rings is 1. The molecule has 100 valence electrons. The number of rotatable bonds is 4. The Morgan fingerprint density at radius 1 is 1.00 bits per heavy atom. The van der Waals surface area contributed by atoms with E-state index in [1.54, 1.807) is 0 Å². The molecule has 0 saturated heterocycles. The van der Waals surface area contributed by atoms with E-state index in [0.29, 0.717) is 29.2 Å². The van der Waals surface area contributed by atoms with E-state index in [9.17, 15) is 0 Å². The first kappa shape index (κ1) is 14.1. The number of ether oxygens (including phenoxy) is 1. The van der Waals surface area contributed by atoms with Crippen molar-refractivity contribution in [2.45, 2.75) is 20.3 Å². The molecule has 0 aliphatic carbocycles. The Morgan fingerprint density at radius 3 is 2.05 bits per heavy atom. The largest absolute Gasteiger partial charge is 0.494 e. The van der Waals surface area contributed by atoms with Crippen molar-refractivity contribution in [3.8, 4) is 17.1 Å². The van der Waals surface area contributed by atoms with Crippen LogP contribution in [0.15, 0.2) is 24.3 Å². The van der Waals surface area contributed by atoms with Crippen LogP contribution in [0.2, 0.25) is 10.3 Å². The monoisotopic (exact) mass is 296 g/mol. The van der Waals surface area contributed by atoms with Crippen molar-refractivity contribution in [1.82, 2.24) is 9.97 Å². The highest BCUT2D eigenvalue weighted by atomic mass is 35.5. The first-order chi connectivity index (χ1) is 9.15. The molecule has 2 rings (SSSR count). The van der Waals surface area contributed by atoms with Gasteiger partial charge in [0.25, 0.3) is 0 Å². The Labute approximate surface area is 122 Å². The van der Waals surface area contributed by atoms with E-state index in [2.05, 4.69) is 9.97 Å². The summed E-state index contributed by atoms with van der Waals surface area (Å²) in [5.74, 6) is 1.34. The fourth-order valence-electron chi connectivity index (χ4n) is 1.72. The Kier molecular flexibility index (Phi) is 4.61. The molecule has 0 atom stereocenters. The third kappa shape index (κ3) is 3.17. The third-order valence-electron chi connectivity index (χ3n) is 2.68. The summed E-state index contributed by atoms with van der Waals surface area (Å²) in [6.07, 6.45) is 0.710. The maximum atomic E-state index is 6.11. The van der Waals surface area contributed by atoms with E-state index in [0.717, 1.165) is 16.9 Å². The number of halogens is 2. The second kappa shape index (κ2) is 6.22. The molecule has 0 radical (unpaired) electrons. The summed E-state index contributed by atoms with van der Waals surface area (Å²) >= 11 is 12.2. The van der Waals surface area contributed by atoms with Crippen molar-refractivity contribution in [2.75, 3.05) is 6.61 Å². The molecule has 0 aliphatic rings. The molecule has 0 aliphatic heterocycles. The minimum Gasteiger partial charge on any atom is -0.494 e. The molecule has 0 spiro atoms. The molecule has 3 nitrogen and oxygen atoms in total. The van der Waals surface area contributed by atoms with Crippen LogP contribution in [0.5, 0.6) is 5.75 Å². The molecule has 19 heavy (non-hydrogen) atoms. The van der Waals surface area contributed by atoms with Crippen molar-refractivity contribution in [3.05, 3.63) is 40.1 Å². The average molecular weight is 297 g/mol. The van der Waals surface area contributed by atoms with Gasteiger partial charge >= 0.3 is 0 Å². The summed E-state index contributed by atoms with van der Waals surface area (Å²) in [6.45, 7) is 4.55. The van der Waals surface area contributed by atoms with Gasteiger partial charge in [-0.3, -0.25) is 0 Å². The molecule has 1 aromatic carbocycles. The van der Waals surface area contributed by atoms with Crippen molar-refractivity contribution in [2.24, 2.45) is 0 Å². The summed E-state index contributed by atoms with van der Waals surface area (Å²) in [7, 11) is 0. The van der Waals surface area contributed by atoms with Crippen molar-refractivity contribution in [1.29, 1.82) is 0 Å². The van der Waals surface area contributed by atoms with Crippen LogP contribution in [0, 0.1) is 0 Å². The molecule has 0 unspecified atom stereocenters. The van der Waals surface area contributed by atoms with Gasteiger partial charge in [-0.05, 0) is 37.6 Å². The van der Waals surface area contributed by atoms with Gasteiger partial charge in [0.05, 0.1) is 6.61 Å². The minimum absolute atomic E-state index is 0.409. The first-order valence-electron chi connectivity index (χ1n) is 6.10. The molecule has 0 N–H and O–H groups in total. The van der Waals surface area contributed by atoms with E-state index in [1.807, 2.05) is 38.1 Å². The number of aromatic nitrogens is 2. The van der Waals surface area contributed by atoms with Crippen molar-refractivity contribution < 1.29 is 4.74 Å². The van der Waals surface area contributed by atoms with Crippen LogP contribution in [0.1, 0.15) is 19.4 Å². The van der Waals surface area contributed by atoms with Crippen LogP contribution in [-0.2, 0) is 6.42 Å². The van der Waals surface area contributed by atoms with Gasteiger partial charge in [0, 0.05) is 11.1 Å². The second-order valence-electron chi connectivity index (χ2n) is 3.92. The van der Waals surface area contributed by atoms with Gasteiger partial charge in [0.1, 0.15) is 16.1 Å². The van der Waals surface area contributed by atoms with Gasteiger partial charge in [-0.15, -0.1) is 0 Å². The zero-order chi connectivity index (χ0) is 13.8. The Morgan fingerprint density at radius 2 is 1.58 bits per heavy atom. The van der Waals surface area contributed by atoms with E-state index in [-0.39, 0.29) is 0 Å². The molecule has 0 fully saturated rings. The molecule has 0 saturated carbocycles. The Balaban J connectivity index is 2.36. The van der Waals surface area contributed by atoms with Gasteiger partial charge in [-0.1, -0.05) is 30.1 Å². The molecule has 0 bridgehead atoms. The highest BCUT2D eigenvalue weighted by Crippen LogP contribution is 2.26. The molecule has 1 heterocycles. The summed E-state index contributed by atoms with van der Waals surface area (Å²) in [5, 5.41) is 0.817. The predicted molar refractivity (Wildman–Crippen MR) is 78.0 cm³/mol. The quantitative estimate of drug-likeness (QED) is 0.784. The number of hydrogen-bond acceptors (Lipinski definition) is 3. The highest BCUT2D eigenvalue weighted by Gasteiger charge is 2.11. The highest BCUT2D eigenvalue weighted by molar-refractivity contribution is 6.34. The van der Waals surface area contributed by atoms with Crippen LogP contribution < -0.4 is 4.74 Å². The van der Waals surface area contributed by atoms with Crippen molar-refractivity contribution >= 4 is 23.2 Å². The summed E-state index contributed by atoms with van der Waals surface area (Å²) < 4.78 is 5.39. The maximum absolute atomic E-state index is 6.11. The van der Waals surface area contributed by atoms with Gasteiger partial charge in [0.15, 0.2) is 5.82 Å². The van der Waals surface area contributed by atoms with Gasteiger partial charge in [-0.2, -0.15) is 0 Å². The smallest absolute Gasteiger partial charge is 0.162 e. The summed E-state index contributed by atoms with van der Waals surface area (Å²) in [6, 6.07) is 7.52. The van der Waals surface area contributed by atoms with Crippen LogP contribution >= 0.6 is 23.2 Å². The van der Waals surface area contributed by atoms with E-state index >= 15 is 0 Å². The fraction of sp³-hybridized carbons (Fsp3) is 0.286. The molecular weight excluding hydrogens is 283 g/mol. The zero-order valence-corrected chi connectivity index (χ0v) is 12.3. The standard InChI is InChI=1S/C14H14Cl2N2O/c1-3-11-12(15)17-14(18-13(11)16)9-5-7-10(8-6-9)19-4-2/h5-8H,3-4H2,1-2H3. The van der Waals surface area contributed by atoms with Gasteiger partial charge in [-0.25, -0.2) is 9.97 Å². The van der Waals surface area contributed by atoms with E-state index < -0.39 is 0 Å². The molecule has 0 amide bonds. The lowest BCUT2D eigenvalue weighted by Crippen LogP contribution is -1.97. The maximum Gasteiger partial charge on any atom is 0.162 e. The third-order valence-corrected chi connectivity index (χ3v) is 3.31. The normalized spacial score (nSPS) is 10.5. The SMILES string of the molecule is CCOc1ccc(-c2nc(Cl)c(CC)c(Cl)n2)cc1. The van der Waals surface area contributed by atoms with Crippen LogP contribution in [-0.4, -0.2) is 16.6 Å². The Bertz CT molecular complexity index is 547. The second-order valence-corrected chi connectivity index (χ2v) is 4.63. The minimum atomic E-state index is 0.409. The van der Waals surface area contributed by atoms with Crippen molar-refractivity contribution in [3.63, 3.8) is 0 Å². The average Bonchev–Trinajstić information content (AvgIpc) is 2.39. The Hall–Kier alpha value is -1.32. The lowest BCUT2D eigenvalue weighted by molar-refractivity contribution is 0.340. The lowest BCUT2D eigenvalue weighted by atomic mass is 10.2. The predicted octanol–water partition coefficient (Wildman–Crippen LogP) is 4.41. The number of nitrogens with zero attached hydrogens (tertiary/aromatic N) is 2.